The van der Waals surface area contributed by atoms with Gasteiger partial charge in [-0.1, -0.05) is 0 Å². The molecule has 0 saturated heterocycles. The van der Waals surface area contributed by atoms with Gasteiger partial charge in [0, 0.05) is 29.7 Å². The second kappa shape index (κ2) is 5.12. The molecule has 1 aromatic carbocycles. The van der Waals surface area contributed by atoms with Crippen LogP contribution in [0.3, 0.4) is 0 Å². The van der Waals surface area contributed by atoms with Gasteiger partial charge >= 0.3 is 0 Å². The maximum absolute atomic E-state index is 7.39. The zero-order chi connectivity index (χ0) is 14.8. The fourth-order valence-corrected chi connectivity index (χ4v) is 2.10. The summed E-state index contributed by atoms with van der Waals surface area (Å²) in [4.78, 5) is 11.4. The van der Waals surface area contributed by atoms with Crippen molar-refractivity contribution in [2.75, 3.05) is 18.2 Å². The first kappa shape index (κ1) is 12.9. The van der Waals surface area contributed by atoms with Gasteiger partial charge in [0.15, 0.2) is 0 Å². The maximum Gasteiger partial charge on any atom is 0.144 e. The van der Waals surface area contributed by atoms with Crippen LogP contribution >= 0.6 is 0 Å². The molecule has 0 amide bonds. The number of rotatable bonds is 4. The van der Waals surface area contributed by atoms with E-state index in [0.29, 0.717) is 28.5 Å². The fourth-order valence-electron chi connectivity index (χ4n) is 2.10. The highest BCUT2D eigenvalue weighted by atomic mass is 16.5. The molecule has 0 atom stereocenters. The van der Waals surface area contributed by atoms with Crippen molar-refractivity contribution in [2.45, 2.75) is 0 Å². The van der Waals surface area contributed by atoms with Crippen molar-refractivity contribution in [3.63, 3.8) is 0 Å². The van der Waals surface area contributed by atoms with Crippen molar-refractivity contribution in [1.29, 1.82) is 5.41 Å². The number of fused-ring (bicyclic) bond motifs is 1. The Labute approximate surface area is 120 Å². The Morgan fingerprint density at radius 3 is 3.00 bits per heavy atom. The number of benzene rings is 1. The van der Waals surface area contributed by atoms with Gasteiger partial charge in [-0.05, 0) is 12.1 Å². The van der Waals surface area contributed by atoms with Gasteiger partial charge in [-0.25, -0.2) is 9.97 Å². The molecule has 0 bridgehead atoms. The summed E-state index contributed by atoms with van der Waals surface area (Å²) in [5.74, 6) is 1.24. The van der Waals surface area contributed by atoms with Gasteiger partial charge < -0.3 is 26.2 Å². The van der Waals surface area contributed by atoms with Crippen molar-refractivity contribution in [3.8, 4) is 5.75 Å². The summed E-state index contributed by atoms with van der Waals surface area (Å²) in [5.41, 5.74) is 8.38. The van der Waals surface area contributed by atoms with Gasteiger partial charge in [0.05, 0.1) is 18.2 Å². The SMILES string of the molecule is COc1cc(N)c(C=N)cc1Nc1ncnc2[nH]ccc12. The van der Waals surface area contributed by atoms with Gasteiger partial charge in [0.2, 0.25) is 0 Å². The first-order valence-corrected chi connectivity index (χ1v) is 6.26. The number of nitrogens with zero attached hydrogens (tertiary/aromatic N) is 2. The number of ether oxygens (including phenoxy) is 1. The summed E-state index contributed by atoms with van der Waals surface area (Å²) < 4.78 is 5.32. The number of nitrogens with two attached hydrogens (primary N) is 1. The highest BCUT2D eigenvalue weighted by molar-refractivity contribution is 5.92. The molecular weight excluding hydrogens is 268 g/mol. The van der Waals surface area contributed by atoms with E-state index in [-0.39, 0.29) is 0 Å². The highest BCUT2D eigenvalue weighted by Gasteiger charge is 2.11. The molecule has 2 heterocycles. The topological polar surface area (TPSA) is 113 Å². The quantitative estimate of drug-likeness (QED) is 0.433. The Hall–Kier alpha value is -3.09. The molecule has 21 heavy (non-hydrogen) atoms. The lowest BCUT2D eigenvalue weighted by Gasteiger charge is -2.13. The molecule has 5 N–H and O–H groups in total. The molecule has 0 unspecified atom stereocenters. The van der Waals surface area contributed by atoms with E-state index in [2.05, 4.69) is 20.3 Å². The normalized spacial score (nSPS) is 10.5. The molecule has 3 aromatic rings. The lowest BCUT2D eigenvalue weighted by atomic mass is 10.1. The molecule has 0 aliphatic heterocycles. The van der Waals surface area contributed by atoms with E-state index in [0.717, 1.165) is 11.0 Å². The van der Waals surface area contributed by atoms with E-state index < -0.39 is 0 Å². The molecule has 0 aliphatic rings. The van der Waals surface area contributed by atoms with Crippen LogP contribution in [0.4, 0.5) is 17.2 Å². The van der Waals surface area contributed by atoms with Gasteiger partial charge in [-0.3, -0.25) is 0 Å². The monoisotopic (exact) mass is 282 g/mol. The average molecular weight is 282 g/mol. The summed E-state index contributed by atoms with van der Waals surface area (Å²) in [6.07, 6.45) is 4.47. The van der Waals surface area contributed by atoms with Crippen LogP contribution in [-0.2, 0) is 0 Å². The van der Waals surface area contributed by atoms with E-state index in [4.69, 9.17) is 15.9 Å². The van der Waals surface area contributed by atoms with Crippen molar-refractivity contribution >= 4 is 34.4 Å². The largest absolute Gasteiger partial charge is 0.494 e. The standard InChI is InChI=1S/C14H14N6O/c1-21-12-5-10(16)8(6-15)4-11(12)20-14-9-2-3-17-13(9)18-7-19-14/h2-7,15H,16H2,1H3,(H2,17,18,19,20). The molecule has 0 spiro atoms. The van der Waals surface area contributed by atoms with E-state index >= 15 is 0 Å². The van der Waals surface area contributed by atoms with E-state index in [1.807, 2.05) is 6.07 Å². The van der Waals surface area contributed by atoms with Crippen LogP contribution in [0.2, 0.25) is 0 Å². The molecule has 7 nitrogen and oxygen atoms in total. The molecule has 2 aromatic heterocycles. The Bertz CT molecular complexity index is 810. The molecule has 3 rings (SSSR count). The Morgan fingerprint density at radius 1 is 1.38 bits per heavy atom. The molecule has 7 heteroatoms. The number of aromatic amines is 1. The number of hydrogen-bond acceptors (Lipinski definition) is 6. The first-order valence-electron chi connectivity index (χ1n) is 6.26. The predicted molar refractivity (Wildman–Crippen MR) is 82.5 cm³/mol. The zero-order valence-electron chi connectivity index (χ0n) is 11.3. The van der Waals surface area contributed by atoms with Crippen molar-refractivity contribution in [3.05, 3.63) is 36.3 Å². The van der Waals surface area contributed by atoms with Crippen LogP contribution in [-0.4, -0.2) is 28.3 Å². The van der Waals surface area contributed by atoms with Crippen molar-refractivity contribution in [1.82, 2.24) is 15.0 Å². The van der Waals surface area contributed by atoms with Gasteiger partial charge in [0.1, 0.15) is 23.5 Å². The maximum atomic E-state index is 7.39. The summed E-state index contributed by atoms with van der Waals surface area (Å²) >= 11 is 0. The van der Waals surface area contributed by atoms with E-state index in [9.17, 15) is 0 Å². The predicted octanol–water partition coefficient (Wildman–Crippen LogP) is 2.29. The van der Waals surface area contributed by atoms with E-state index in [1.54, 1.807) is 25.4 Å². The minimum Gasteiger partial charge on any atom is -0.494 e. The minimum absolute atomic E-state index is 0.488. The van der Waals surface area contributed by atoms with E-state index in [1.165, 1.54) is 12.5 Å². The van der Waals surface area contributed by atoms with Crippen molar-refractivity contribution in [2.24, 2.45) is 0 Å². The number of nitrogens with one attached hydrogen (secondary N) is 3. The summed E-state index contributed by atoms with van der Waals surface area (Å²) in [7, 11) is 1.57. The van der Waals surface area contributed by atoms with Crippen LogP contribution in [0.5, 0.6) is 5.75 Å². The summed E-state index contributed by atoms with van der Waals surface area (Å²) in [5, 5.41) is 11.5. The molecule has 0 fully saturated rings. The second-order valence-corrected chi connectivity index (χ2v) is 4.41. The van der Waals surface area contributed by atoms with Gasteiger partial charge in [-0.2, -0.15) is 0 Å². The highest BCUT2D eigenvalue weighted by Crippen LogP contribution is 2.32. The molecule has 106 valence electrons. The number of methoxy groups -OCH3 is 1. The van der Waals surface area contributed by atoms with Gasteiger partial charge in [-0.15, -0.1) is 0 Å². The number of aromatic nitrogens is 3. The van der Waals surface area contributed by atoms with Crippen molar-refractivity contribution < 1.29 is 4.74 Å². The fraction of sp³-hybridized carbons (Fsp3) is 0.0714. The Morgan fingerprint density at radius 2 is 2.24 bits per heavy atom. The zero-order valence-corrected chi connectivity index (χ0v) is 11.3. The Balaban J connectivity index is 2.08. The third-order valence-electron chi connectivity index (χ3n) is 3.17. The Kier molecular flexibility index (Phi) is 3.15. The lowest BCUT2D eigenvalue weighted by Crippen LogP contribution is -2.01. The molecule has 0 radical (unpaired) electrons. The summed E-state index contributed by atoms with van der Waals surface area (Å²) in [6.45, 7) is 0. The number of hydrogen-bond donors (Lipinski definition) is 4. The van der Waals surface area contributed by atoms with Gasteiger partial charge in [0.25, 0.3) is 0 Å². The lowest BCUT2D eigenvalue weighted by molar-refractivity contribution is 0.417. The van der Waals surface area contributed by atoms with Crippen LogP contribution in [0.15, 0.2) is 30.7 Å². The van der Waals surface area contributed by atoms with Crippen LogP contribution in [0, 0.1) is 5.41 Å². The van der Waals surface area contributed by atoms with Crippen LogP contribution in [0.1, 0.15) is 5.56 Å². The average Bonchev–Trinajstić information content (AvgIpc) is 2.98. The minimum atomic E-state index is 0.488. The molecule has 0 saturated carbocycles. The smallest absolute Gasteiger partial charge is 0.144 e. The summed E-state index contributed by atoms with van der Waals surface area (Å²) in [6, 6.07) is 5.32. The van der Waals surface area contributed by atoms with Crippen LogP contribution in [0.25, 0.3) is 11.0 Å². The third-order valence-corrected chi connectivity index (χ3v) is 3.17. The number of H-pyrrole nitrogens is 1. The van der Waals surface area contributed by atoms with Crippen LogP contribution < -0.4 is 15.8 Å². The third kappa shape index (κ3) is 2.25. The second-order valence-electron chi connectivity index (χ2n) is 4.41. The first-order chi connectivity index (χ1) is 10.2. The number of anilines is 3. The number of nitrogen functional groups attached to an aromatic ring is 1. The molecular formula is C14H14N6O. The molecule has 0 aliphatic carbocycles.